The smallest absolute Gasteiger partial charge is 0.269 e. The lowest BCUT2D eigenvalue weighted by atomic mass is 10.3. The van der Waals surface area contributed by atoms with E-state index in [9.17, 15) is 10.1 Å². The summed E-state index contributed by atoms with van der Waals surface area (Å²) in [6, 6.07) is 10.2. The van der Waals surface area contributed by atoms with Gasteiger partial charge in [-0.25, -0.2) is 4.98 Å². The second-order valence-electron chi connectivity index (χ2n) is 3.63. The van der Waals surface area contributed by atoms with Crippen molar-refractivity contribution in [1.82, 2.24) is 4.98 Å². The summed E-state index contributed by atoms with van der Waals surface area (Å²) in [6.07, 6.45) is 1.67. The van der Waals surface area contributed by atoms with Crippen LogP contribution in [0.25, 0.3) is 0 Å². The number of anilines is 1. The Bertz CT molecular complexity index is 558. The monoisotopic (exact) mass is 261 g/mol. The lowest BCUT2D eigenvalue weighted by Crippen LogP contribution is -1.91. The van der Waals surface area contributed by atoms with Crippen LogP contribution in [0.4, 0.5) is 11.5 Å². The molecule has 0 amide bonds. The molecule has 18 heavy (non-hydrogen) atoms. The molecule has 6 heteroatoms. The summed E-state index contributed by atoms with van der Waals surface area (Å²) >= 11 is 1.60. The third-order valence-corrected chi connectivity index (χ3v) is 3.38. The molecule has 0 aliphatic heterocycles. The molecule has 2 N–H and O–H groups in total. The first kappa shape index (κ1) is 12.4. The number of nitrogens with two attached hydrogens (primary N) is 1. The van der Waals surface area contributed by atoms with Crippen molar-refractivity contribution in [3.63, 3.8) is 0 Å². The van der Waals surface area contributed by atoms with Gasteiger partial charge in [0.25, 0.3) is 5.69 Å². The number of rotatable bonds is 4. The molecule has 0 bridgehead atoms. The van der Waals surface area contributed by atoms with E-state index in [0.717, 1.165) is 16.2 Å². The highest BCUT2D eigenvalue weighted by atomic mass is 32.2. The molecule has 0 fully saturated rings. The number of pyridine rings is 1. The number of nitrogens with zero attached hydrogens (tertiary/aromatic N) is 2. The summed E-state index contributed by atoms with van der Waals surface area (Å²) in [5.41, 5.74) is 6.76. The molecule has 1 aromatic heterocycles. The molecular formula is C12H11N3O2S. The fourth-order valence-corrected chi connectivity index (χ4v) is 2.26. The topological polar surface area (TPSA) is 82.0 Å². The van der Waals surface area contributed by atoms with Crippen LogP contribution >= 0.6 is 11.8 Å². The van der Waals surface area contributed by atoms with Gasteiger partial charge in [-0.2, -0.15) is 0 Å². The van der Waals surface area contributed by atoms with Crippen molar-refractivity contribution in [3.8, 4) is 0 Å². The van der Waals surface area contributed by atoms with E-state index >= 15 is 0 Å². The summed E-state index contributed by atoms with van der Waals surface area (Å²) in [7, 11) is 0. The summed E-state index contributed by atoms with van der Waals surface area (Å²) in [5.74, 6) is 1.25. The molecule has 0 unspecified atom stereocenters. The van der Waals surface area contributed by atoms with Crippen LogP contribution in [0.5, 0.6) is 0 Å². The molecule has 0 saturated heterocycles. The molecule has 1 aromatic carbocycles. The Kier molecular flexibility index (Phi) is 3.78. The second kappa shape index (κ2) is 5.50. The van der Waals surface area contributed by atoms with E-state index in [-0.39, 0.29) is 5.69 Å². The van der Waals surface area contributed by atoms with Crippen molar-refractivity contribution in [2.45, 2.75) is 10.6 Å². The van der Waals surface area contributed by atoms with Gasteiger partial charge in [0.1, 0.15) is 5.82 Å². The van der Waals surface area contributed by atoms with Gasteiger partial charge in [-0.05, 0) is 29.8 Å². The van der Waals surface area contributed by atoms with Crippen LogP contribution in [0.15, 0.2) is 47.5 Å². The van der Waals surface area contributed by atoms with E-state index in [0.29, 0.717) is 5.82 Å². The molecular weight excluding hydrogens is 250 g/mol. The van der Waals surface area contributed by atoms with Crippen LogP contribution in [0.3, 0.4) is 0 Å². The van der Waals surface area contributed by atoms with Gasteiger partial charge in [-0.15, -0.1) is 11.8 Å². The summed E-state index contributed by atoms with van der Waals surface area (Å²) < 4.78 is 0. The van der Waals surface area contributed by atoms with Gasteiger partial charge >= 0.3 is 0 Å². The minimum Gasteiger partial charge on any atom is -0.384 e. The maximum absolute atomic E-state index is 10.5. The fourth-order valence-electron chi connectivity index (χ4n) is 1.41. The fraction of sp³-hybridized carbons (Fsp3) is 0.0833. The zero-order valence-corrected chi connectivity index (χ0v) is 10.3. The van der Waals surface area contributed by atoms with E-state index in [2.05, 4.69) is 4.98 Å². The Morgan fingerprint density at radius 2 is 2.00 bits per heavy atom. The molecule has 0 spiro atoms. The van der Waals surface area contributed by atoms with E-state index in [1.165, 1.54) is 12.1 Å². The minimum absolute atomic E-state index is 0.104. The molecule has 1 heterocycles. The predicted octanol–water partition coefficient (Wildman–Crippen LogP) is 2.86. The Hall–Kier alpha value is -2.08. The Balaban J connectivity index is 2.00. The predicted molar refractivity (Wildman–Crippen MR) is 71.3 cm³/mol. The summed E-state index contributed by atoms with van der Waals surface area (Å²) in [6.45, 7) is 0. The van der Waals surface area contributed by atoms with Crippen LogP contribution in [0, 0.1) is 10.1 Å². The third kappa shape index (κ3) is 3.21. The highest BCUT2D eigenvalue weighted by Crippen LogP contribution is 2.25. The van der Waals surface area contributed by atoms with Gasteiger partial charge < -0.3 is 5.73 Å². The Labute approximate surface area is 108 Å². The zero-order valence-electron chi connectivity index (χ0n) is 9.45. The van der Waals surface area contributed by atoms with Crippen LogP contribution < -0.4 is 5.73 Å². The van der Waals surface area contributed by atoms with Crippen LogP contribution in [0.1, 0.15) is 5.56 Å². The van der Waals surface area contributed by atoms with E-state index in [1.54, 1.807) is 30.1 Å². The molecule has 92 valence electrons. The number of hydrogen-bond donors (Lipinski definition) is 1. The number of hydrogen-bond acceptors (Lipinski definition) is 5. The zero-order chi connectivity index (χ0) is 13.0. The maximum Gasteiger partial charge on any atom is 0.269 e. The minimum atomic E-state index is -0.405. The second-order valence-corrected chi connectivity index (χ2v) is 4.68. The Morgan fingerprint density at radius 3 is 2.61 bits per heavy atom. The van der Waals surface area contributed by atoms with Crippen molar-refractivity contribution >= 4 is 23.3 Å². The summed E-state index contributed by atoms with van der Waals surface area (Å²) in [4.78, 5) is 15.0. The van der Waals surface area contributed by atoms with Crippen LogP contribution in [-0.4, -0.2) is 9.91 Å². The van der Waals surface area contributed by atoms with Crippen molar-refractivity contribution in [2.75, 3.05) is 5.73 Å². The molecule has 2 rings (SSSR count). The van der Waals surface area contributed by atoms with E-state index in [4.69, 9.17) is 5.73 Å². The molecule has 5 nitrogen and oxygen atoms in total. The molecule has 0 aliphatic rings. The van der Waals surface area contributed by atoms with Gasteiger partial charge in [0, 0.05) is 29.0 Å². The Morgan fingerprint density at radius 1 is 1.28 bits per heavy atom. The average molecular weight is 261 g/mol. The summed E-state index contributed by atoms with van der Waals surface area (Å²) in [5, 5.41) is 10.5. The molecule has 2 aromatic rings. The number of nitrogen functional groups attached to an aromatic ring is 1. The SMILES string of the molecule is Nc1cc(CSc2ccc([N+](=O)[O-])cc2)ccn1. The van der Waals surface area contributed by atoms with Crippen molar-refractivity contribution in [1.29, 1.82) is 0 Å². The van der Waals surface area contributed by atoms with E-state index in [1.807, 2.05) is 12.1 Å². The van der Waals surface area contributed by atoms with Gasteiger partial charge in [-0.1, -0.05) is 0 Å². The molecule has 0 atom stereocenters. The number of nitro groups is 1. The quantitative estimate of drug-likeness (QED) is 0.520. The first-order valence-electron chi connectivity index (χ1n) is 5.23. The van der Waals surface area contributed by atoms with Crippen molar-refractivity contribution in [3.05, 3.63) is 58.3 Å². The average Bonchev–Trinajstić information content (AvgIpc) is 2.37. The molecule has 0 saturated carbocycles. The maximum atomic E-state index is 10.5. The van der Waals surface area contributed by atoms with Gasteiger partial charge in [-0.3, -0.25) is 10.1 Å². The van der Waals surface area contributed by atoms with Crippen molar-refractivity contribution < 1.29 is 4.92 Å². The van der Waals surface area contributed by atoms with Crippen molar-refractivity contribution in [2.24, 2.45) is 0 Å². The lowest BCUT2D eigenvalue weighted by molar-refractivity contribution is -0.384. The normalized spacial score (nSPS) is 10.2. The highest BCUT2D eigenvalue weighted by molar-refractivity contribution is 7.98. The standard InChI is InChI=1S/C12H11N3O2S/c13-12-7-9(5-6-14-12)8-18-11-3-1-10(2-4-11)15(16)17/h1-7H,8H2,(H2,13,14). The largest absolute Gasteiger partial charge is 0.384 e. The van der Waals surface area contributed by atoms with Gasteiger partial charge in [0.2, 0.25) is 0 Å². The highest BCUT2D eigenvalue weighted by Gasteiger charge is 2.04. The van der Waals surface area contributed by atoms with E-state index < -0.39 is 4.92 Å². The lowest BCUT2D eigenvalue weighted by Gasteiger charge is -2.02. The number of nitro benzene ring substituents is 1. The molecule has 0 aliphatic carbocycles. The number of thioether (sulfide) groups is 1. The number of benzene rings is 1. The third-order valence-electron chi connectivity index (χ3n) is 2.30. The van der Waals surface area contributed by atoms with Crippen LogP contribution in [0.2, 0.25) is 0 Å². The van der Waals surface area contributed by atoms with Crippen LogP contribution in [-0.2, 0) is 5.75 Å². The first-order chi connectivity index (χ1) is 8.65. The van der Waals surface area contributed by atoms with Gasteiger partial charge in [0.15, 0.2) is 0 Å². The molecule has 0 radical (unpaired) electrons. The van der Waals surface area contributed by atoms with Gasteiger partial charge in [0.05, 0.1) is 4.92 Å². The first-order valence-corrected chi connectivity index (χ1v) is 6.21. The number of aromatic nitrogens is 1. The number of non-ortho nitro benzene ring substituents is 1.